The van der Waals surface area contributed by atoms with Crippen molar-refractivity contribution in [2.24, 2.45) is 0 Å². The van der Waals surface area contributed by atoms with E-state index in [4.69, 9.17) is 0 Å². The zero-order valence-corrected chi connectivity index (χ0v) is 11.0. The summed E-state index contributed by atoms with van der Waals surface area (Å²) in [5.74, 6) is -0.248. The molecule has 0 spiro atoms. The van der Waals surface area contributed by atoms with Gasteiger partial charge >= 0.3 is 0 Å². The third-order valence-electron chi connectivity index (χ3n) is 2.67. The first kappa shape index (κ1) is 14.0. The van der Waals surface area contributed by atoms with E-state index in [9.17, 15) is 9.59 Å². The fourth-order valence-electron chi connectivity index (χ4n) is 1.60. The lowest BCUT2D eigenvalue weighted by Gasteiger charge is -2.08. The summed E-state index contributed by atoms with van der Waals surface area (Å²) in [6.07, 6.45) is 0.288. The summed E-state index contributed by atoms with van der Waals surface area (Å²) < 4.78 is 0. The van der Waals surface area contributed by atoms with E-state index in [2.05, 4.69) is 16.0 Å². The van der Waals surface area contributed by atoms with Crippen molar-refractivity contribution in [2.45, 2.75) is 13.3 Å². The number of nitrogens with one attached hydrogen (secondary N) is 3. The Morgan fingerprint density at radius 2 is 1.94 bits per heavy atom. The second kappa shape index (κ2) is 6.64. The summed E-state index contributed by atoms with van der Waals surface area (Å²) in [5.41, 5.74) is 2.61. The van der Waals surface area contributed by atoms with Crippen LogP contribution in [-0.2, 0) is 4.79 Å². The van der Waals surface area contributed by atoms with Gasteiger partial charge in [-0.1, -0.05) is 0 Å². The van der Waals surface area contributed by atoms with Crippen LogP contribution in [0.5, 0.6) is 0 Å². The molecule has 0 bridgehead atoms. The summed E-state index contributed by atoms with van der Waals surface area (Å²) in [5, 5.41) is 8.26. The molecule has 5 heteroatoms. The van der Waals surface area contributed by atoms with Gasteiger partial charge in [-0.15, -0.1) is 0 Å². The molecule has 0 fully saturated rings. The maximum absolute atomic E-state index is 11.8. The Morgan fingerprint density at radius 1 is 1.22 bits per heavy atom. The maximum Gasteiger partial charge on any atom is 0.251 e. The van der Waals surface area contributed by atoms with E-state index < -0.39 is 0 Å². The Hall–Kier alpha value is -2.04. The molecule has 5 nitrogen and oxygen atoms in total. The van der Waals surface area contributed by atoms with Crippen LogP contribution >= 0.6 is 0 Å². The molecule has 0 atom stereocenters. The van der Waals surface area contributed by atoms with Crippen molar-refractivity contribution in [1.29, 1.82) is 0 Å². The second-order valence-corrected chi connectivity index (χ2v) is 3.96. The second-order valence-electron chi connectivity index (χ2n) is 3.96. The number of anilines is 1. The van der Waals surface area contributed by atoms with E-state index >= 15 is 0 Å². The van der Waals surface area contributed by atoms with Gasteiger partial charge < -0.3 is 16.0 Å². The minimum Gasteiger partial charge on any atom is -0.388 e. The van der Waals surface area contributed by atoms with Gasteiger partial charge in [0.1, 0.15) is 0 Å². The summed E-state index contributed by atoms with van der Waals surface area (Å²) in [4.78, 5) is 22.8. The number of aryl methyl sites for hydroxylation is 1. The molecule has 0 aliphatic heterocycles. The summed E-state index contributed by atoms with van der Waals surface area (Å²) in [6.45, 7) is 2.28. The molecule has 0 aromatic heterocycles. The molecule has 18 heavy (non-hydrogen) atoms. The first-order valence-corrected chi connectivity index (χ1v) is 5.85. The van der Waals surface area contributed by atoms with Crippen molar-refractivity contribution in [1.82, 2.24) is 10.6 Å². The van der Waals surface area contributed by atoms with Gasteiger partial charge in [0.2, 0.25) is 5.91 Å². The minimum atomic E-state index is -0.162. The number of carbonyl (C=O) groups is 2. The predicted octanol–water partition coefficient (Wildman–Crippen LogP) is 0.903. The average Bonchev–Trinajstić information content (AvgIpc) is 2.38. The zero-order chi connectivity index (χ0) is 13.5. The number of benzene rings is 1. The molecule has 1 aromatic carbocycles. The zero-order valence-electron chi connectivity index (χ0n) is 11.0. The molecular formula is C13H19N3O2. The molecule has 2 amide bonds. The van der Waals surface area contributed by atoms with Gasteiger partial charge in [0.25, 0.3) is 5.91 Å². The average molecular weight is 249 g/mol. The van der Waals surface area contributed by atoms with Crippen LogP contribution in [0.15, 0.2) is 18.2 Å². The van der Waals surface area contributed by atoms with Gasteiger partial charge in [-0.2, -0.15) is 0 Å². The van der Waals surface area contributed by atoms with Crippen molar-refractivity contribution < 1.29 is 9.59 Å². The van der Waals surface area contributed by atoms with Crippen LogP contribution in [0.25, 0.3) is 0 Å². The van der Waals surface area contributed by atoms with Gasteiger partial charge in [0, 0.05) is 38.3 Å². The SMILES string of the molecule is CNC(=O)CCNC(=O)c1ccc(NC)c(C)c1. The lowest BCUT2D eigenvalue weighted by atomic mass is 10.1. The Bertz CT molecular complexity index is 444. The Kier molecular flexibility index (Phi) is 5.17. The number of amides is 2. The number of hydrogen-bond donors (Lipinski definition) is 3. The fourth-order valence-corrected chi connectivity index (χ4v) is 1.60. The van der Waals surface area contributed by atoms with Gasteiger partial charge in [-0.25, -0.2) is 0 Å². The predicted molar refractivity (Wildman–Crippen MR) is 71.7 cm³/mol. The molecule has 0 unspecified atom stereocenters. The molecular weight excluding hydrogens is 230 g/mol. The van der Waals surface area contributed by atoms with E-state index in [0.717, 1.165) is 11.3 Å². The molecule has 0 saturated heterocycles. The molecule has 1 aromatic rings. The first-order valence-electron chi connectivity index (χ1n) is 5.85. The summed E-state index contributed by atoms with van der Waals surface area (Å²) in [6, 6.07) is 5.44. The van der Waals surface area contributed by atoms with Crippen LogP contribution < -0.4 is 16.0 Å². The molecule has 0 aliphatic carbocycles. The standard InChI is InChI=1S/C13H19N3O2/c1-9-8-10(4-5-11(9)14-2)13(18)16-7-6-12(17)15-3/h4-5,8,14H,6-7H2,1-3H3,(H,15,17)(H,16,18). The van der Waals surface area contributed by atoms with Crippen LogP contribution in [-0.4, -0.2) is 32.5 Å². The van der Waals surface area contributed by atoms with Gasteiger partial charge in [-0.05, 0) is 30.7 Å². The number of carbonyl (C=O) groups excluding carboxylic acids is 2. The van der Waals surface area contributed by atoms with Crippen molar-refractivity contribution in [3.05, 3.63) is 29.3 Å². The molecule has 0 saturated carbocycles. The largest absolute Gasteiger partial charge is 0.388 e. The van der Waals surface area contributed by atoms with Gasteiger partial charge in [0.15, 0.2) is 0 Å². The van der Waals surface area contributed by atoms with Crippen LogP contribution in [0.2, 0.25) is 0 Å². The van der Waals surface area contributed by atoms with Crippen LogP contribution in [0.3, 0.4) is 0 Å². The normalized spacial score (nSPS) is 9.72. The summed E-state index contributed by atoms with van der Waals surface area (Å²) >= 11 is 0. The van der Waals surface area contributed by atoms with E-state index in [1.54, 1.807) is 13.1 Å². The van der Waals surface area contributed by atoms with Gasteiger partial charge in [-0.3, -0.25) is 9.59 Å². The van der Waals surface area contributed by atoms with Crippen molar-refractivity contribution in [2.75, 3.05) is 26.0 Å². The monoisotopic (exact) mass is 249 g/mol. The lowest BCUT2D eigenvalue weighted by molar-refractivity contribution is -0.120. The van der Waals surface area contributed by atoms with E-state index in [-0.39, 0.29) is 18.2 Å². The smallest absolute Gasteiger partial charge is 0.251 e. The number of rotatable bonds is 5. The summed E-state index contributed by atoms with van der Waals surface area (Å²) in [7, 11) is 3.41. The topological polar surface area (TPSA) is 70.2 Å². The molecule has 0 heterocycles. The van der Waals surface area contributed by atoms with Crippen LogP contribution in [0.4, 0.5) is 5.69 Å². The Balaban J connectivity index is 2.56. The molecule has 0 radical (unpaired) electrons. The third kappa shape index (κ3) is 3.76. The van der Waals surface area contributed by atoms with Crippen LogP contribution in [0.1, 0.15) is 22.3 Å². The number of hydrogen-bond acceptors (Lipinski definition) is 3. The molecule has 98 valence electrons. The highest BCUT2D eigenvalue weighted by Crippen LogP contribution is 2.15. The van der Waals surface area contributed by atoms with Gasteiger partial charge in [0.05, 0.1) is 0 Å². The Labute approximate surface area is 107 Å². The van der Waals surface area contributed by atoms with Crippen molar-refractivity contribution >= 4 is 17.5 Å². The molecule has 0 aliphatic rings. The quantitative estimate of drug-likeness (QED) is 0.726. The van der Waals surface area contributed by atoms with Crippen molar-refractivity contribution in [3.8, 4) is 0 Å². The van der Waals surface area contributed by atoms with Crippen molar-refractivity contribution in [3.63, 3.8) is 0 Å². The third-order valence-corrected chi connectivity index (χ3v) is 2.67. The van der Waals surface area contributed by atoms with E-state index in [0.29, 0.717) is 12.1 Å². The first-order chi connectivity index (χ1) is 8.58. The highest BCUT2D eigenvalue weighted by Gasteiger charge is 2.07. The molecule has 1 rings (SSSR count). The fraction of sp³-hybridized carbons (Fsp3) is 0.385. The minimum absolute atomic E-state index is 0.0861. The maximum atomic E-state index is 11.8. The van der Waals surface area contributed by atoms with E-state index in [1.165, 1.54) is 0 Å². The van der Waals surface area contributed by atoms with Crippen LogP contribution in [0, 0.1) is 6.92 Å². The molecule has 3 N–H and O–H groups in total. The van der Waals surface area contributed by atoms with E-state index in [1.807, 2.05) is 26.1 Å². The lowest BCUT2D eigenvalue weighted by Crippen LogP contribution is -2.29. The Morgan fingerprint density at radius 3 is 2.50 bits per heavy atom. The highest BCUT2D eigenvalue weighted by atomic mass is 16.2. The highest BCUT2D eigenvalue weighted by molar-refractivity contribution is 5.95.